The Hall–Kier alpha value is -2.77. The van der Waals surface area contributed by atoms with Crippen molar-refractivity contribution in [2.24, 2.45) is 0 Å². The fourth-order valence-corrected chi connectivity index (χ4v) is 1.35. The lowest BCUT2D eigenvalue weighted by Gasteiger charge is -2.06. The quantitative estimate of drug-likeness (QED) is 0.673. The molecule has 0 bridgehead atoms. The summed E-state index contributed by atoms with van der Waals surface area (Å²) in [6.07, 6.45) is 1.43. The van der Waals surface area contributed by atoms with E-state index in [1.807, 2.05) is 0 Å². The van der Waals surface area contributed by atoms with E-state index in [9.17, 15) is 14.5 Å². The van der Waals surface area contributed by atoms with Crippen molar-refractivity contribution in [2.45, 2.75) is 0 Å². The second kappa shape index (κ2) is 5.25. The number of nitrogens with zero attached hydrogens (tertiary/aromatic N) is 3. The maximum atomic E-state index is 13.0. The van der Waals surface area contributed by atoms with Crippen LogP contribution in [-0.4, -0.2) is 21.9 Å². The zero-order valence-corrected chi connectivity index (χ0v) is 9.83. The number of anilines is 1. The zero-order valence-electron chi connectivity index (χ0n) is 9.83. The van der Waals surface area contributed by atoms with Gasteiger partial charge in [-0.3, -0.25) is 10.1 Å². The third kappa shape index (κ3) is 2.92. The second-order valence-corrected chi connectivity index (χ2v) is 3.44. The number of hydrogen-bond donors (Lipinski definition) is 1. The molecule has 2 rings (SSSR count). The fraction of sp³-hybridized carbons (Fsp3) is 0.0909. The van der Waals surface area contributed by atoms with Gasteiger partial charge in [0.25, 0.3) is 0 Å². The minimum atomic E-state index is -0.724. The van der Waals surface area contributed by atoms with E-state index in [2.05, 4.69) is 15.3 Å². The molecular formula is C11H9FN4O3. The third-order valence-electron chi connectivity index (χ3n) is 2.19. The molecule has 1 heterocycles. The molecule has 1 aromatic heterocycles. The molecule has 0 aliphatic rings. The minimum absolute atomic E-state index is 0.0906. The molecule has 0 radical (unpaired) electrons. The summed E-state index contributed by atoms with van der Waals surface area (Å²) in [5.74, 6) is -0.374. The molecule has 0 aliphatic carbocycles. The SMILES string of the molecule is CNc1nccc(Oc2ccc(F)cc2[N+](=O)[O-])n1. The Balaban J connectivity index is 2.34. The average Bonchev–Trinajstić information content (AvgIpc) is 2.41. The van der Waals surface area contributed by atoms with Crippen LogP contribution in [0.1, 0.15) is 0 Å². The van der Waals surface area contributed by atoms with E-state index < -0.39 is 16.4 Å². The summed E-state index contributed by atoms with van der Waals surface area (Å²) in [4.78, 5) is 17.9. The molecule has 0 saturated heterocycles. The van der Waals surface area contributed by atoms with Crippen LogP contribution in [0.5, 0.6) is 11.6 Å². The number of nitro benzene ring substituents is 1. The Morgan fingerprint density at radius 1 is 1.42 bits per heavy atom. The summed E-state index contributed by atoms with van der Waals surface area (Å²) >= 11 is 0. The van der Waals surface area contributed by atoms with Gasteiger partial charge in [-0.05, 0) is 12.1 Å². The zero-order chi connectivity index (χ0) is 13.8. The highest BCUT2D eigenvalue weighted by atomic mass is 19.1. The summed E-state index contributed by atoms with van der Waals surface area (Å²) in [6.45, 7) is 0. The van der Waals surface area contributed by atoms with Crippen molar-refractivity contribution >= 4 is 11.6 Å². The maximum Gasteiger partial charge on any atom is 0.314 e. The Morgan fingerprint density at radius 2 is 2.21 bits per heavy atom. The summed E-state index contributed by atoms with van der Waals surface area (Å²) in [5, 5.41) is 13.5. The number of ether oxygens (including phenoxy) is 1. The smallest absolute Gasteiger partial charge is 0.314 e. The molecule has 8 heteroatoms. The standard InChI is InChI=1S/C11H9FN4O3/c1-13-11-14-5-4-10(15-11)19-9-3-2-7(12)6-8(9)16(17)18/h2-6H,1H3,(H,13,14,15). The van der Waals surface area contributed by atoms with Crippen molar-refractivity contribution in [3.05, 3.63) is 46.4 Å². The first kappa shape index (κ1) is 12.7. The second-order valence-electron chi connectivity index (χ2n) is 3.44. The number of aromatic nitrogens is 2. The van der Waals surface area contributed by atoms with E-state index in [0.29, 0.717) is 5.95 Å². The van der Waals surface area contributed by atoms with Crippen molar-refractivity contribution in [2.75, 3.05) is 12.4 Å². The molecule has 0 fully saturated rings. The van der Waals surface area contributed by atoms with Crippen LogP contribution in [0.25, 0.3) is 0 Å². The Kier molecular flexibility index (Phi) is 3.51. The normalized spacial score (nSPS) is 10.0. The Bertz CT molecular complexity index is 621. The molecule has 2 aromatic rings. The van der Waals surface area contributed by atoms with Crippen LogP contribution < -0.4 is 10.1 Å². The molecular weight excluding hydrogens is 255 g/mol. The first-order valence-electron chi connectivity index (χ1n) is 5.23. The molecule has 0 amide bonds. The van der Waals surface area contributed by atoms with E-state index in [1.165, 1.54) is 18.3 Å². The van der Waals surface area contributed by atoms with Gasteiger partial charge in [0.2, 0.25) is 17.6 Å². The van der Waals surface area contributed by atoms with Gasteiger partial charge in [-0.2, -0.15) is 4.98 Å². The summed E-state index contributed by atoms with van der Waals surface area (Å²) in [7, 11) is 1.62. The van der Waals surface area contributed by atoms with Crippen molar-refractivity contribution in [3.8, 4) is 11.6 Å². The van der Waals surface area contributed by atoms with Crippen LogP contribution in [0.3, 0.4) is 0 Å². The van der Waals surface area contributed by atoms with Gasteiger partial charge in [0.1, 0.15) is 5.82 Å². The highest BCUT2D eigenvalue weighted by Crippen LogP contribution is 2.31. The van der Waals surface area contributed by atoms with Crippen LogP contribution in [0.15, 0.2) is 30.5 Å². The van der Waals surface area contributed by atoms with Gasteiger partial charge >= 0.3 is 5.69 Å². The van der Waals surface area contributed by atoms with Gasteiger partial charge in [-0.25, -0.2) is 9.37 Å². The number of nitrogens with one attached hydrogen (secondary N) is 1. The highest BCUT2D eigenvalue weighted by molar-refractivity contribution is 5.48. The molecule has 98 valence electrons. The van der Waals surface area contributed by atoms with Crippen LogP contribution in [-0.2, 0) is 0 Å². The van der Waals surface area contributed by atoms with Crippen LogP contribution in [0.2, 0.25) is 0 Å². The van der Waals surface area contributed by atoms with Crippen LogP contribution in [0, 0.1) is 15.9 Å². The van der Waals surface area contributed by atoms with Crippen molar-refractivity contribution in [1.82, 2.24) is 9.97 Å². The number of hydrogen-bond acceptors (Lipinski definition) is 6. The predicted octanol–water partition coefficient (Wildman–Crippen LogP) is 2.36. The minimum Gasteiger partial charge on any atom is -0.432 e. The van der Waals surface area contributed by atoms with Gasteiger partial charge < -0.3 is 10.1 Å². The Labute approximate surface area is 107 Å². The van der Waals surface area contributed by atoms with Crippen molar-refractivity contribution in [3.63, 3.8) is 0 Å². The Morgan fingerprint density at radius 3 is 2.89 bits per heavy atom. The molecule has 1 aromatic carbocycles. The first-order chi connectivity index (χ1) is 9.10. The van der Waals surface area contributed by atoms with Crippen molar-refractivity contribution in [1.29, 1.82) is 0 Å². The largest absolute Gasteiger partial charge is 0.432 e. The molecule has 0 unspecified atom stereocenters. The maximum absolute atomic E-state index is 13.0. The van der Waals surface area contributed by atoms with E-state index in [4.69, 9.17) is 4.74 Å². The van der Waals surface area contributed by atoms with E-state index in [1.54, 1.807) is 7.05 Å². The molecule has 0 atom stereocenters. The molecule has 0 saturated carbocycles. The monoisotopic (exact) mass is 264 g/mol. The number of rotatable bonds is 4. The lowest BCUT2D eigenvalue weighted by molar-refractivity contribution is -0.385. The van der Waals surface area contributed by atoms with Crippen LogP contribution >= 0.6 is 0 Å². The van der Waals surface area contributed by atoms with Gasteiger partial charge in [-0.15, -0.1) is 0 Å². The van der Waals surface area contributed by atoms with E-state index in [-0.39, 0.29) is 11.6 Å². The molecule has 0 aliphatic heterocycles. The van der Waals surface area contributed by atoms with Crippen molar-refractivity contribution < 1.29 is 14.1 Å². The fourth-order valence-electron chi connectivity index (χ4n) is 1.35. The van der Waals surface area contributed by atoms with Gasteiger partial charge in [0.05, 0.1) is 11.0 Å². The number of halogens is 1. The summed E-state index contributed by atoms with van der Waals surface area (Å²) in [6, 6.07) is 4.47. The van der Waals surface area contributed by atoms with Gasteiger partial charge in [-0.1, -0.05) is 0 Å². The summed E-state index contributed by atoms with van der Waals surface area (Å²) in [5.41, 5.74) is -0.468. The lowest BCUT2D eigenvalue weighted by atomic mass is 10.3. The third-order valence-corrected chi connectivity index (χ3v) is 2.19. The average molecular weight is 264 g/mol. The van der Waals surface area contributed by atoms with Gasteiger partial charge in [0.15, 0.2) is 0 Å². The van der Waals surface area contributed by atoms with Crippen LogP contribution in [0.4, 0.5) is 16.0 Å². The topological polar surface area (TPSA) is 90.2 Å². The lowest BCUT2D eigenvalue weighted by Crippen LogP contribution is -1.99. The predicted molar refractivity (Wildman–Crippen MR) is 64.7 cm³/mol. The molecule has 0 spiro atoms. The van der Waals surface area contributed by atoms with E-state index in [0.717, 1.165) is 12.1 Å². The summed E-state index contributed by atoms with van der Waals surface area (Å²) < 4.78 is 18.2. The van der Waals surface area contributed by atoms with E-state index >= 15 is 0 Å². The first-order valence-corrected chi connectivity index (χ1v) is 5.23. The highest BCUT2D eigenvalue weighted by Gasteiger charge is 2.17. The number of benzene rings is 1. The molecule has 1 N–H and O–H groups in total. The van der Waals surface area contributed by atoms with Gasteiger partial charge in [0, 0.05) is 19.3 Å². The molecule has 7 nitrogen and oxygen atoms in total. The molecule has 19 heavy (non-hydrogen) atoms. The number of nitro groups is 1.